The Labute approximate surface area is 118 Å². The van der Waals surface area contributed by atoms with Crippen LogP contribution >= 0.6 is 0 Å². The Morgan fingerprint density at radius 3 is 2.85 bits per heavy atom. The van der Waals surface area contributed by atoms with Gasteiger partial charge in [0, 0.05) is 18.7 Å². The summed E-state index contributed by atoms with van der Waals surface area (Å²) in [7, 11) is 1.45. The van der Waals surface area contributed by atoms with E-state index in [1.807, 2.05) is 6.07 Å². The fraction of sp³-hybridized carbons (Fsp3) is 0.600. The molecule has 0 amide bonds. The molecule has 0 spiro atoms. The topological polar surface area (TPSA) is 64.4 Å². The van der Waals surface area contributed by atoms with Crippen molar-refractivity contribution in [2.24, 2.45) is 11.8 Å². The summed E-state index contributed by atoms with van der Waals surface area (Å²) < 4.78 is 5.02. The number of hydrogen-bond acceptors (Lipinski definition) is 4. The van der Waals surface area contributed by atoms with Crippen LogP contribution in [0.15, 0.2) is 18.2 Å². The Kier molecular flexibility index (Phi) is 3.61. The SMILES string of the molecule is COc1ccc(CNC2CC3CCC2C3)cc1[N+](=O)[O-]. The molecule has 0 aromatic heterocycles. The van der Waals surface area contributed by atoms with Gasteiger partial charge in [-0.25, -0.2) is 0 Å². The molecule has 1 N–H and O–H groups in total. The number of nitrogens with zero attached hydrogens (tertiary/aromatic N) is 1. The van der Waals surface area contributed by atoms with E-state index in [0.717, 1.165) is 17.4 Å². The molecule has 5 heteroatoms. The van der Waals surface area contributed by atoms with Crippen LogP contribution in [0.25, 0.3) is 0 Å². The second-order valence-corrected chi connectivity index (χ2v) is 5.93. The molecule has 2 bridgehead atoms. The molecular formula is C15H20N2O3. The lowest BCUT2D eigenvalue weighted by molar-refractivity contribution is -0.385. The molecule has 20 heavy (non-hydrogen) atoms. The van der Waals surface area contributed by atoms with Crippen LogP contribution in [0.3, 0.4) is 0 Å². The molecule has 2 aliphatic carbocycles. The van der Waals surface area contributed by atoms with E-state index in [1.165, 1.54) is 32.8 Å². The Hall–Kier alpha value is -1.62. The highest BCUT2D eigenvalue weighted by Crippen LogP contribution is 2.44. The Morgan fingerprint density at radius 2 is 2.25 bits per heavy atom. The van der Waals surface area contributed by atoms with E-state index in [-0.39, 0.29) is 10.6 Å². The average molecular weight is 276 g/mol. The average Bonchev–Trinajstić information content (AvgIpc) is 3.07. The largest absolute Gasteiger partial charge is 0.490 e. The van der Waals surface area contributed by atoms with Gasteiger partial charge in [-0.05, 0) is 42.7 Å². The van der Waals surface area contributed by atoms with E-state index in [2.05, 4.69) is 5.32 Å². The van der Waals surface area contributed by atoms with Gasteiger partial charge < -0.3 is 10.1 Å². The van der Waals surface area contributed by atoms with Gasteiger partial charge in [-0.1, -0.05) is 12.5 Å². The summed E-state index contributed by atoms with van der Waals surface area (Å²) in [5, 5.41) is 14.6. The van der Waals surface area contributed by atoms with Gasteiger partial charge in [0.15, 0.2) is 5.75 Å². The van der Waals surface area contributed by atoms with E-state index in [4.69, 9.17) is 4.74 Å². The summed E-state index contributed by atoms with van der Waals surface area (Å²) in [6.45, 7) is 0.693. The second kappa shape index (κ2) is 5.40. The monoisotopic (exact) mass is 276 g/mol. The molecule has 2 saturated carbocycles. The third-order valence-corrected chi connectivity index (χ3v) is 4.75. The Morgan fingerprint density at radius 1 is 1.40 bits per heavy atom. The molecule has 5 nitrogen and oxygen atoms in total. The number of rotatable bonds is 5. The van der Waals surface area contributed by atoms with Crippen LogP contribution in [-0.2, 0) is 6.54 Å². The van der Waals surface area contributed by atoms with Crippen molar-refractivity contribution in [3.05, 3.63) is 33.9 Å². The minimum atomic E-state index is -0.389. The summed E-state index contributed by atoms with van der Waals surface area (Å²) in [5.41, 5.74) is 0.986. The van der Waals surface area contributed by atoms with Crippen molar-refractivity contribution in [3.8, 4) is 5.75 Å². The molecule has 0 radical (unpaired) electrons. The predicted molar refractivity (Wildman–Crippen MR) is 75.7 cm³/mol. The van der Waals surface area contributed by atoms with Gasteiger partial charge >= 0.3 is 5.69 Å². The molecule has 3 atom stereocenters. The standard InChI is InChI=1S/C15H20N2O3/c1-20-15-5-3-11(8-14(15)17(18)19)9-16-13-7-10-2-4-12(13)6-10/h3,5,8,10,12-13,16H,2,4,6-7,9H2,1H3. The fourth-order valence-corrected chi connectivity index (χ4v) is 3.73. The van der Waals surface area contributed by atoms with Crippen molar-refractivity contribution in [1.82, 2.24) is 5.32 Å². The normalized spacial score (nSPS) is 27.8. The van der Waals surface area contributed by atoms with Crippen LogP contribution in [0.4, 0.5) is 5.69 Å². The van der Waals surface area contributed by atoms with Crippen molar-refractivity contribution in [3.63, 3.8) is 0 Å². The third kappa shape index (κ3) is 2.50. The first-order valence-electron chi connectivity index (χ1n) is 7.22. The molecule has 108 valence electrons. The lowest BCUT2D eigenvalue weighted by Gasteiger charge is -2.23. The van der Waals surface area contributed by atoms with E-state index in [9.17, 15) is 10.1 Å². The van der Waals surface area contributed by atoms with Gasteiger partial charge in [-0.3, -0.25) is 10.1 Å². The first-order chi connectivity index (χ1) is 9.67. The summed E-state index contributed by atoms with van der Waals surface area (Å²) in [6.07, 6.45) is 5.35. The molecule has 1 aromatic carbocycles. The predicted octanol–water partition coefficient (Wildman–Crippen LogP) is 2.88. The van der Waals surface area contributed by atoms with Crippen LogP contribution in [0.1, 0.15) is 31.2 Å². The lowest BCUT2D eigenvalue weighted by Crippen LogP contribution is -2.33. The molecule has 2 aliphatic rings. The molecular weight excluding hydrogens is 256 g/mol. The number of ether oxygens (including phenoxy) is 1. The minimum Gasteiger partial charge on any atom is -0.490 e. The number of benzene rings is 1. The zero-order valence-electron chi connectivity index (χ0n) is 11.7. The molecule has 3 unspecified atom stereocenters. The van der Waals surface area contributed by atoms with Gasteiger partial charge in [-0.2, -0.15) is 0 Å². The zero-order valence-corrected chi connectivity index (χ0v) is 11.7. The molecule has 0 saturated heterocycles. The van der Waals surface area contributed by atoms with Crippen molar-refractivity contribution < 1.29 is 9.66 Å². The smallest absolute Gasteiger partial charge is 0.311 e. The Bertz CT molecular complexity index is 518. The number of fused-ring (bicyclic) bond motifs is 2. The third-order valence-electron chi connectivity index (χ3n) is 4.75. The van der Waals surface area contributed by atoms with Crippen molar-refractivity contribution >= 4 is 5.69 Å². The lowest BCUT2D eigenvalue weighted by atomic mass is 9.95. The van der Waals surface area contributed by atoms with Gasteiger partial charge in [0.2, 0.25) is 0 Å². The van der Waals surface area contributed by atoms with Crippen LogP contribution in [-0.4, -0.2) is 18.1 Å². The molecule has 0 heterocycles. The molecule has 1 aromatic rings. The van der Waals surface area contributed by atoms with Gasteiger partial charge in [0.1, 0.15) is 0 Å². The quantitative estimate of drug-likeness (QED) is 0.663. The minimum absolute atomic E-state index is 0.0414. The van der Waals surface area contributed by atoms with Crippen molar-refractivity contribution in [2.45, 2.75) is 38.3 Å². The van der Waals surface area contributed by atoms with E-state index in [0.29, 0.717) is 18.3 Å². The number of hydrogen-bond donors (Lipinski definition) is 1. The summed E-state index contributed by atoms with van der Waals surface area (Å²) in [4.78, 5) is 10.6. The van der Waals surface area contributed by atoms with Crippen molar-refractivity contribution in [2.75, 3.05) is 7.11 Å². The highest BCUT2D eigenvalue weighted by Gasteiger charge is 2.38. The maximum atomic E-state index is 11.0. The van der Waals surface area contributed by atoms with E-state index >= 15 is 0 Å². The van der Waals surface area contributed by atoms with E-state index in [1.54, 1.807) is 12.1 Å². The number of nitrogens with one attached hydrogen (secondary N) is 1. The van der Waals surface area contributed by atoms with Gasteiger partial charge in [0.05, 0.1) is 12.0 Å². The zero-order chi connectivity index (χ0) is 14.1. The van der Waals surface area contributed by atoms with Crippen LogP contribution < -0.4 is 10.1 Å². The number of nitro benzene ring substituents is 1. The van der Waals surface area contributed by atoms with Crippen LogP contribution in [0, 0.1) is 22.0 Å². The first-order valence-corrected chi connectivity index (χ1v) is 7.22. The molecule has 3 rings (SSSR count). The van der Waals surface area contributed by atoms with Gasteiger partial charge in [-0.15, -0.1) is 0 Å². The highest BCUT2D eigenvalue weighted by atomic mass is 16.6. The van der Waals surface area contributed by atoms with Crippen LogP contribution in [0.5, 0.6) is 5.75 Å². The first kappa shape index (κ1) is 13.4. The number of methoxy groups -OCH3 is 1. The summed E-state index contributed by atoms with van der Waals surface area (Å²) in [6, 6.07) is 5.77. The van der Waals surface area contributed by atoms with Gasteiger partial charge in [0.25, 0.3) is 0 Å². The summed E-state index contributed by atoms with van der Waals surface area (Å²) in [5.74, 6) is 2.04. The highest BCUT2D eigenvalue weighted by molar-refractivity contribution is 5.48. The fourth-order valence-electron chi connectivity index (χ4n) is 3.73. The molecule has 2 fully saturated rings. The maximum absolute atomic E-state index is 11.0. The second-order valence-electron chi connectivity index (χ2n) is 5.93. The van der Waals surface area contributed by atoms with Crippen LogP contribution in [0.2, 0.25) is 0 Å². The maximum Gasteiger partial charge on any atom is 0.311 e. The number of nitro groups is 1. The van der Waals surface area contributed by atoms with E-state index < -0.39 is 0 Å². The Balaban J connectivity index is 1.65. The van der Waals surface area contributed by atoms with Crippen molar-refractivity contribution in [1.29, 1.82) is 0 Å². The molecule has 0 aliphatic heterocycles. The summed E-state index contributed by atoms with van der Waals surface area (Å²) >= 11 is 0.